The Morgan fingerprint density at radius 1 is 1.31 bits per heavy atom. The fourth-order valence-electron chi connectivity index (χ4n) is 1.64. The van der Waals surface area contributed by atoms with Gasteiger partial charge in [-0.1, -0.05) is 6.92 Å². The summed E-state index contributed by atoms with van der Waals surface area (Å²) in [7, 11) is 0. The molecule has 0 amide bonds. The minimum atomic E-state index is -4.00. The zero-order valence-corrected chi connectivity index (χ0v) is 7.82. The first-order valence-electron chi connectivity index (χ1n) is 4.77. The van der Waals surface area contributed by atoms with Gasteiger partial charge in [-0.25, -0.2) is 0 Å². The van der Waals surface area contributed by atoms with Crippen LogP contribution < -0.4 is 5.32 Å². The average Bonchev–Trinajstić information content (AvgIpc) is 2.02. The number of halogens is 3. The van der Waals surface area contributed by atoms with Crippen molar-refractivity contribution in [1.29, 1.82) is 0 Å². The maximum absolute atomic E-state index is 11.9. The van der Waals surface area contributed by atoms with E-state index in [1.165, 1.54) is 0 Å². The largest absolute Gasteiger partial charge is 0.389 e. The Kier molecular flexibility index (Phi) is 3.59. The quantitative estimate of drug-likeness (QED) is 0.714. The Bertz CT molecular complexity index is 147. The first kappa shape index (κ1) is 10.8. The lowest BCUT2D eigenvalue weighted by atomic mass is 9.94. The molecule has 4 heteroatoms. The van der Waals surface area contributed by atoms with E-state index in [0.29, 0.717) is 5.92 Å². The summed E-state index contributed by atoms with van der Waals surface area (Å²) in [6.45, 7) is 2.98. The molecule has 1 rings (SSSR count). The van der Waals surface area contributed by atoms with Crippen LogP contribution in [-0.2, 0) is 0 Å². The molecule has 78 valence electrons. The first-order valence-corrected chi connectivity index (χ1v) is 4.77. The van der Waals surface area contributed by atoms with Gasteiger partial charge in [-0.15, -0.1) is 0 Å². The molecule has 0 aromatic rings. The van der Waals surface area contributed by atoms with Gasteiger partial charge in [0.2, 0.25) is 0 Å². The molecule has 2 unspecified atom stereocenters. The van der Waals surface area contributed by atoms with E-state index in [1.807, 2.05) is 0 Å². The van der Waals surface area contributed by atoms with E-state index >= 15 is 0 Å². The molecule has 1 saturated heterocycles. The van der Waals surface area contributed by atoms with Crippen molar-refractivity contribution in [2.24, 2.45) is 5.92 Å². The van der Waals surface area contributed by atoms with Crippen LogP contribution in [-0.4, -0.2) is 18.8 Å². The molecule has 1 nitrogen and oxygen atoms in total. The molecule has 0 bridgehead atoms. The van der Waals surface area contributed by atoms with Gasteiger partial charge in [0, 0.05) is 12.5 Å². The van der Waals surface area contributed by atoms with Crippen LogP contribution in [0.5, 0.6) is 0 Å². The second-order valence-electron chi connectivity index (χ2n) is 3.94. The normalized spacial score (nSPS) is 30.5. The van der Waals surface area contributed by atoms with Crippen molar-refractivity contribution in [3.05, 3.63) is 0 Å². The molecule has 1 N–H and O–H groups in total. The molecular weight excluding hydrogens is 179 g/mol. The Labute approximate surface area is 76.7 Å². The summed E-state index contributed by atoms with van der Waals surface area (Å²) in [6.07, 6.45) is -2.48. The van der Waals surface area contributed by atoms with Gasteiger partial charge in [0.25, 0.3) is 0 Å². The zero-order chi connectivity index (χ0) is 9.90. The summed E-state index contributed by atoms with van der Waals surface area (Å²) in [5.74, 6) is 0.613. The molecule has 0 saturated carbocycles. The predicted octanol–water partition coefficient (Wildman–Crippen LogP) is 2.72. The van der Waals surface area contributed by atoms with Gasteiger partial charge < -0.3 is 5.32 Å². The van der Waals surface area contributed by atoms with E-state index in [1.54, 1.807) is 0 Å². The van der Waals surface area contributed by atoms with Crippen LogP contribution in [0.2, 0.25) is 0 Å². The SMILES string of the molecule is CC1CCC(CCC(F)(F)F)NC1. The number of hydrogen-bond donors (Lipinski definition) is 1. The highest BCUT2D eigenvalue weighted by atomic mass is 19.4. The van der Waals surface area contributed by atoms with Gasteiger partial charge in [-0.2, -0.15) is 13.2 Å². The fraction of sp³-hybridized carbons (Fsp3) is 1.00. The Morgan fingerprint density at radius 2 is 2.00 bits per heavy atom. The molecule has 1 aliphatic heterocycles. The zero-order valence-electron chi connectivity index (χ0n) is 7.82. The summed E-state index contributed by atoms with van der Waals surface area (Å²) in [5.41, 5.74) is 0. The number of piperidine rings is 1. The van der Waals surface area contributed by atoms with Gasteiger partial charge in [0.05, 0.1) is 0 Å². The van der Waals surface area contributed by atoms with Crippen molar-refractivity contribution < 1.29 is 13.2 Å². The van der Waals surface area contributed by atoms with Crippen LogP contribution in [0.25, 0.3) is 0 Å². The molecular formula is C9H16F3N. The maximum Gasteiger partial charge on any atom is 0.389 e. The molecule has 0 radical (unpaired) electrons. The third kappa shape index (κ3) is 4.50. The molecule has 1 heterocycles. The lowest BCUT2D eigenvalue weighted by molar-refractivity contribution is -0.137. The van der Waals surface area contributed by atoms with Crippen molar-refractivity contribution in [3.8, 4) is 0 Å². The number of alkyl halides is 3. The molecule has 0 aliphatic carbocycles. The summed E-state index contributed by atoms with van der Waals surface area (Å²) < 4.78 is 35.6. The van der Waals surface area contributed by atoms with Crippen LogP contribution in [0.15, 0.2) is 0 Å². The minimum Gasteiger partial charge on any atom is -0.314 e. The Balaban J connectivity index is 2.16. The van der Waals surface area contributed by atoms with Gasteiger partial charge in [0.1, 0.15) is 0 Å². The third-order valence-corrected chi connectivity index (χ3v) is 2.54. The lowest BCUT2D eigenvalue weighted by Gasteiger charge is -2.27. The van der Waals surface area contributed by atoms with E-state index in [4.69, 9.17) is 0 Å². The van der Waals surface area contributed by atoms with E-state index in [-0.39, 0.29) is 12.5 Å². The summed E-state index contributed by atoms with van der Waals surface area (Å²) in [4.78, 5) is 0. The fourth-order valence-corrected chi connectivity index (χ4v) is 1.64. The Morgan fingerprint density at radius 3 is 2.46 bits per heavy atom. The number of hydrogen-bond acceptors (Lipinski definition) is 1. The highest BCUT2D eigenvalue weighted by molar-refractivity contribution is 4.76. The third-order valence-electron chi connectivity index (χ3n) is 2.54. The van der Waals surface area contributed by atoms with E-state index < -0.39 is 12.6 Å². The van der Waals surface area contributed by atoms with Crippen LogP contribution in [0, 0.1) is 5.92 Å². The summed E-state index contributed by atoms with van der Waals surface area (Å²) >= 11 is 0. The monoisotopic (exact) mass is 195 g/mol. The van der Waals surface area contributed by atoms with Crippen molar-refractivity contribution >= 4 is 0 Å². The first-order chi connectivity index (χ1) is 5.97. The molecule has 2 atom stereocenters. The van der Waals surface area contributed by atoms with Crippen molar-refractivity contribution in [2.75, 3.05) is 6.54 Å². The lowest BCUT2D eigenvalue weighted by Crippen LogP contribution is -2.38. The highest BCUT2D eigenvalue weighted by Gasteiger charge is 2.29. The predicted molar refractivity (Wildman–Crippen MR) is 45.5 cm³/mol. The van der Waals surface area contributed by atoms with E-state index in [0.717, 1.165) is 19.4 Å². The van der Waals surface area contributed by atoms with Crippen LogP contribution in [0.3, 0.4) is 0 Å². The van der Waals surface area contributed by atoms with Gasteiger partial charge in [-0.3, -0.25) is 0 Å². The van der Waals surface area contributed by atoms with Gasteiger partial charge in [0.15, 0.2) is 0 Å². The van der Waals surface area contributed by atoms with Crippen LogP contribution in [0.4, 0.5) is 13.2 Å². The van der Waals surface area contributed by atoms with Crippen LogP contribution >= 0.6 is 0 Å². The number of nitrogens with one attached hydrogen (secondary N) is 1. The van der Waals surface area contributed by atoms with Crippen molar-refractivity contribution in [1.82, 2.24) is 5.32 Å². The molecule has 0 spiro atoms. The molecule has 0 aromatic heterocycles. The number of rotatable bonds is 2. The summed E-state index contributed by atoms with van der Waals surface area (Å²) in [5, 5.41) is 3.14. The van der Waals surface area contributed by atoms with Gasteiger partial charge in [-0.05, 0) is 31.7 Å². The Hall–Kier alpha value is -0.250. The van der Waals surface area contributed by atoms with Crippen molar-refractivity contribution in [2.45, 2.75) is 44.8 Å². The smallest absolute Gasteiger partial charge is 0.314 e. The molecule has 0 aromatic carbocycles. The van der Waals surface area contributed by atoms with Crippen molar-refractivity contribution in [3.63, 3.8) is 0 Å². The summed E-state index contributed by atoms with van der Waals surface area (Å²) in [6, 6.07) is 0.0813. The molecule has 1 fully saturated rings. The standard InChI is InChI=1S/C9H16F3N/c1-7-2-3-8(13-6-7)4-5-9(10,11)12/h7-8,13H,2-6H2,1H3. The minimum absolute atomic E-state index is 0.0813. The average molecular weight is 195 g/mol. The van der Waals surface area contributed by atoms with E-state index in [2.05, 4.69) is 12.2 Å². The van der Waals surface area contributed by atoms with Gasteiger partial charge >= 0.3 is 6.18 Å². The topological polar surface area (TPSA) is 12.0 Å². The molecule has 1 aliphatic rings. The van der Waals surface area contributed by atoms with Crippen LogP contribution in [0.1, 0.15) is 32.6 Å². The second kappa shape index (κ2) is 4.31. The van der Waals surface area contributed by atoms with E-state index in [9.17, 15) is 13.2 Å². The highest BCUT2D eigenvalue weighted by Crippen LogP contribution is 2.25. The second-order valence-corrected chi connectivity index (χ2v) is 3.94. The maximum atomic E-state index is 11.9. The molecule has 13 heavy (non-hydrogen) atoms.